The third-order valence-electron chi connectivity index (χ3n) is 4.33. The zero-order valence-corrected chi connectivity index (χ0v) is 16.3. The maximum absolute atomic E-state index is 12.0. The summed E-state index contributed by atoms with van der Waals surface area (Å²) in [6.45, 7) is 4.94. The van der Waals surface area contributed by atoms with Gasteiger partial charge in [0.25, 0.3) is 0 Å². The van der Waals surface area contributed by atoms with Crippen LogP contribution in [0.3, 0.4) is 0 Å². The van der Waals surface area contributed by atoms with Gasteiger partial charge in [-0.3, -0.25) is 19.3 Å². The van der Waals surface area contributed by atoms with Crippen LogP contribution in [0.15, 0.2) is 47.3 Å². The number of rotatable bonds is 11. The summed E-state index contributed by atoms with van der Waals surface area (Å²) in [6, 6.07) is 8.59. The molecule has 2 aromatic rings. The second kappa shape index (κ2) is 9.85. The molecule has 2 N–H and O–H groups in total. The molecule has 0 amide bonds. The molecule has 150 valence electrons. The fourth-order valence-electron chi connectivity index (χ4n) is 2.88. The van der Waals surface area contributed by atoms with Gasteiger partial charge in [0.15, 0.2) is 5.78 Å². The minimum absolute atomic E-state index is 0.113. The quantitative estimate of drug-likeness (QED) is 0.570. The summed E-state index contributed by atoms with van der Waals surface area (Å²) < 4.78 is 5.30. The molecule has 0 bridgehead atoms. The number of carbonyl (C=O) groups is 3. The fourth-order valence-corrected chi connectivity index (χ4v) is 2.88. The van der Waals surface area contributed by atoms with Gasteiger partial charge in [-0.05, 0) is 24.5 Å². The molecule has 0 saturated carbocycles. The van der Waals surface area contributed by atoms with E-state index < -0.39 is 23.6 Å². The lowest BCUT2D eigenvalue weighted by Crippen LogP contribution is -2.45. The second-order valence-electron chi connectivity index (χ2n) is 7.17. The van der Waals surface area contributed by atoms with Crippen molar-refractivity contribution in [2.45, 2.75) is 39.8 Å². The van der Waals surface area contributed by atoms with E-state index in [1.165, 1.54) is 24.3 Å². The minimum Gasteiger partial charge on any atom is -0.480 e. The Hall–Kier alpha value is -2.93. The van der Waals surface area contributed by atoms with Gasteiger partial charge in [-0.2, -0.15) is 0 Å². The van der Waals surface area contributed by atoms with Crippen molar-refractivity contribution in [1.29, 1.82) is 0 Å². The van der Waals surface area contributed by atoms with Crippen molar-refractivity contribution in [3.63, 3.8) is 0 Å². The lowest BCUT2D eigenvalue weighted by molar-refractivity contribution is -0.146. The Morgan fingerprint density at radius 1 is 1.14 bits per heavy atom. The number of benzene rings is 1. The highest BCUT2D eigenvalue weighted by Crippen LogP contribution is 2.25. The van der Waals surface area contributed by atoms with E-state index in [-0.39, 0.29) is 19.0 Å². The molecule has 7 heteroatoms. The number of Topliss-reactive ketones (excluding diaryl/α,β-unsaturated/α-hetero) is 2. The van der Waals surface area contributed by atoms with Gasteiger partial charge in [0, 0.05) is 24.7 Å². The summed E-state index contributed by atoms with van der Waals surface area (Å²) in [5.41, 5.74) is 2.24. The average Bonchev–Trinajstić information content (AvgIpc) is 3.06. The van der Waals surface area contributed by atoms with Crippen molar-refractivity contribution in [3.8, 4) is 0 Å². The zero-order valence-electron chi connectivity index (χ0n) is 16.3. The minimum atomic E-state index is -1.02. The van der Waals surface area contributed by atoms with E-state index in [4.69, 9.17) is 4.42 Å². The van der Waals surface area contributed by atoms with E-state index in [0.717, 1.165) is 5.69 Å². The number of ketones is 2. The van der Waals surface area contributed by atoms with Gasteiger partial charge in [-0.25, -0.2) is 0 Å². The number of hydrogen-bond acceptors (Lipinski definition) is 6. The molecule has 0 aliphatic heterocycles. The zero-order chi connectivity index (χ0) is 20.7. The number of carboxylic acids is 1. The largest absolute Gasteiger partial charge is 0.480 e. The molecule has 28 heavy (non-hydrogen) atoms. The maximum atomic E-state index is 12.0. The lowest BCUT2D eigenvalue weighted by atomic mass is 10.0. The molecule has 1 aromatic heterocycles. The molecule has 1 atom stereocenters. The number of hydrogen-bond donors (Lipinski definition) is 2. The molecule has 0 saturated heterocycles. The van der Waals surface area contributed by atoms with Crippen LogP contribution in [-0.4, -0.2) is 40.1 Å². The molecule has 0 aliphatic carbocycles. The number of furan rings is 1. The van der Waals surface area contributed by atoms with Gasteiger partial charge in [-0.15, -0.1) is 0 Å². The lowest BCUT2D eigenvalue weighted by Gasteiger charge is -2.29. The highest BCUT2D eigenvalue weighted by molar-refractivity contribution is 6.37. The second-order valence-corrected chi connectivity index (χ2v) is 7.17. The smallest absolute Gasteiger partial charge is 0.320 e. The van der Waals surface area contributed by atoms with E-state index in [1.807, 2.05) is 44.2 Å². The Balaban J connectivity index is 2.26. The van der Waals surface area contributed by atoms with Crippen LogP contribution in [0, 0.1) is 5.92 Å². The van der Waals surface area contributed by atoms with Gasteiger partial charge in [0.2, 0.25) is 5.78 Å². The number of aliphatic carboxylic acids is 1. The Morgan fingerprint density at radius 2 is 1.82 bits per heavy atom. The number of nitrogens with one attached hydrogen (secondary N) is 1. The molecule has 7 nitrogen and oxygen atoms in total. The van der Waals surface area contributed by atoms with Crippen molar-refractivity contribution in [3.05, 3.63) is 48.4 Å². The molecule has 0 fully saturated rings. The van der Waals surface area contributed by atoms with E-state index in [1.54, 1.807) is 0 Å². The van der Waals surface area contributed by atoms with Gasteiger partial charge in [-0.1, -0.05) is 32.0 Å². The Kier molecular flexibility index (Phi) is 7.52. The monoisotopic (exact) mass is 386 g/mol. The van der Waals surface area contributed by atoms with Crippen LogP contribution in [0.5, 0.6) is 0 Å². The third-order valence-corrected chi connectivity index (χ3v) is 4.33. The standard InChI is InChI=1S/C21H26N2O5/c1-14(2)9-19(21(26)27)23(11-20(25)15(3)24)10-16-12-28-13-18(16)22-17-7-5-4-6-8-17/h4-8,12-14,19,22H,9-11H2,1-3H3,(H,26,27). The summed E-state index contributed by atoms with van der Waals surface area (Å²) in [5.74, 6) is -2.11. The summed E-state index contributed by atoms with van der Waals surface area (Å²) in [5, 5.41) is 12.9. The summed E-state index contributed by atoms with van der Waals surface area (Å²) >= 11 is 0. The average molecular weight is 386 g/mol. The molecule has 1 heterocycles. The van der Waals surface area contributed by atoms with Crippen molar-refractivity contribution < 1.29 is 23.9 Å². The van der Waals surface area contributed by atoms with E-state index >= 15 is 0 Å². The molecule has 0 spiro atoms. The van der Waals surface area contributed by atoms with Crippen LogP contribution in [0.2, 0.25) is 0 Å². The van der Waals surface area contributed by atoms with E-state index in [9.17, 15) is 19.5 Å². The molecule has 0 aliphatic rings. The summed E-state index contributed by atoms with van der Waals surface area (Å²) in [6.07, 6.45) is 3.41. The first-order valence-corrected chi connectivity index (χ1v) is 9.15. The first kappa shape index (κ1) is 21.4. The molecule has 2 rings (SSSR count). The highest BCUT2D eigenvalue weighted by Gasteiger charge is 2.30. The Bertz CT molecular complexity index is 813. The Labute approximate surface area is 164 Å². The number of anilines is 2. The van der Waals surface area contributed by atoms with Crippen molar-refractivity contribution in [2.75, 3.05) is 11.9 Å². The van der Waals surface area contributed by atoms with Crippen LogP contribution in [0.4, 0.5) is 11.4 Å². The normalized spacial score (nSPS) is 12.2. The van der Waals surface area contributed by atoms with E-state index in [2.05, 4.69) is 5.32 Å². The SMILES string of the molecule is CC(=O)C(=O)CN(Cc1cocc1Nc1ccccc1)C(CC(C)C)C(=O)O. The van der Waals surface area contributed by atoms with Gasteiger partial charge >= 0.3 is 5.97 Å². The Morgan fingerprint density at radius 3 is 2.39 bits per heavy atom. The van der Waals surface area contributed by atoms with Crippen LogP contribution in [0.1, 0.15) is 32.8 Å². The first-order valence-electron chi connectivity index (χ1n) is 9.15. The number of carbonyl (C=O) groups excluding carboxylic acids is 2. The van der Waals surface area contributed by atoms with Crippen LogP contribution < -0.4 is 5.32 Å². The topological polar surface area (TPSA) is 99.9 Å². The predicted octanol–water partition coefficient (Wildman–Crippen LogP) is 3.48. The molecule has 0 radical (unpaired) electrons. The number of para-hydroxylation sites is 1. The van der Waals surface area contributed by atoms with Gasteiger partial charge < -0.3 is 14.8 Å². The van der Waals surface area contributed by atoms with Crippen molar-refractivity contribution in [1.82, 2.24) is 4.90 Å². The van der Waals surface area contributed by atoms with E-state index in [0.29, 0.717) is 17.7 Å². The maximum Gasteiger partial charge on any atom is 0.320 e. The molecular weight excluding hydrogens is 360 g/mol. The summed E-state index contributed by atoms with van der Waals surface area (Å²) in [4.78, 5) is 36.9. The predicted molar refractivity (Wildman–Crippen MR) is 105 cm³/mol. The highest BCUT2D eigenvalue weighted by atomic mass is 16.4. The van der Waals surface area contributed by atoms with Crippen LogP contribution in [0.25, 0.3) is 0 Å². The number of carboxylic acid groups (broad SMARTS) is 1. The van der Waals surface area contributed by atoms with Crippen LogP contribution in [-0.2, 0) is 20.9 Å². The van der Waals surface area contributed by atoms with Crippen molar-refractivity contribution in [2.24, 2.45) is 5.92 Å². The first-order chi connectivity index (χ1) is 13.3. The van der Waals surface area contributed by atoms with Gasteiger partial charge in [0.1, 0.15) is 12.3 Å². The van der Waals surface area contributed by atoms with Crippen LogP contribution >= 0.6 is 0 Å². The van der Waals surface area contributed by atoms with Crippen molar-refractivity contribution >= 4 is 28.9 Å². The molecule has 1 aromatic carbocycles. The fraction of sp³-hybridized carbons (Fsp3) is 0.381. The third kappa shape index (κ3) is 6.06. The van der Waals surface area contributed by atoms with Gasteiger partial charge in [0.05, 0.1) is 18.5 Å². The molecular formula is C21H26N2O5. The molecule has 1 unspecified atom stereocenters. The number of nitrogens with zero attached hydrogens (tertiary/aromatic N) is 1. The summed E-state index contributed by atoms with van der Waals surface area (Å²) in [7, 11) is 0.